The molecule has 0 fully saturated rings. The molecule has 0 atom stereocenters. The normalized spacial score (nSPS) is 13.8. The van der Waals surface area contributed by atoms with Crippen LogP contribution >= 0.6 is 11.6 Å². The molecule has 0 saturated heterocycles. The van der Waals surface area contributed by atoms with E-state index < -0.39 is 15.9 Å². The predicted molar refractivity (Wildman–Crippen MR) is 118 cm³/mol. The van der Waals surface area contributed by atoms with Crippen LogP contribution in [0.15, 0.2) is 71.6 Å². The van der Waals surface area contributed by atoms with Gasteiger partial charge < -0.3 is 5.32 Å². The van der Waals surface area contributed by atoms with Gasteiger partial charge in [-0.1, -0.05) is 35.9 Å². The topological polar surface area (TPSA) is 90.3 Å². The molecule has 0 spiro atoms. The largest absolute Gasteiger partial charge is 0.322 e. The minimum absolute atomic E-state index is 0.0151. The Morgan fingerprint density at radius 1 is 1.03 bits per heavy atom. The van der Waals surface area contributed by atoms with E-state index in [2.05, 4.69) is 5.32 Å². The molecule has 0 bridgehead atoms. The number of sulfonamides is 1. The van der Waals surface area contributed by atoms with Gasteiger partial charge in [-0.15, -0.1) is 0 Å². The lowest BCUT2D eigenvalue weighted by Gasteiger charge is -2.28. The zero-order valence-corrected chi connectivity index (χ0v) is 17.9. The Labute approximate surface area is 185 Å². The molecule has 0 radical (unpaired) electrons. The van der Waals surface area contributed by atoms with Gasteiger partial charge in [-0.3, -0.25) is 4.79 Å². The predicted octanol–water partition coefficient (Wildman–Crippen LogP) is 4.21. The van der Waals surface area contributed by atoms with Crippen LogP contribution in [0.25, 0.3) is 0 Å². The fourth-order valence-electron chi connectivity index (χ4n) is 3.49. The monoisotopic (exact) mass is 451 g/mol. The molecule has 31 heavy (non-hydrogen) atoms. The van der Waals surface area contributed by atoms with E-state index in [1.54, 1.807) is 24.3 Å². The summed E-state index contributed by atoms with van der Waals surface area (Å²) < 4.78 is 27.9. The van der Waals surface area contributed by atoms with E-state index in [-0.39, 0.29) is 22.0 Å². The molecule has 3 aromatic rings. The molecule has 156 valence electrons. The van der Waals surface area contributed by atoms with Gasteiger partial charge >= 0.3 is 0 Å². The minimum Gasteiger partial charge on any atom is -0.322 e. The average Bonchev–Trinajstić information content (AvgIpc) is 2.79. The van der Waals surface area contributed by atoms with E-state index >= 15 is 0 Å². The SMILES string of the molecule is N#Cc1ccc(NC(=O)c2cc(S(=O)(=O)N3CCc4ccccc4C3)ccc2Cl)cc1. The highest BCUT2D eigenvalue weighted by atomic mass is 35.5. The molecule has 3 aromatic carbocycles. The summed E-state index contributed by atoms with van der Waals surface area (Å²) in [6.45, 7) is 0.655. The van der Waals surface area contributed by atoms with Crippen molar-refractivity contribution in [3.63, 3.8) is 0 Å². The molecule has 0 aromatic heterocycles. The van der Waals surface area contributed by atoms with Crippen molar-refractivity contribution >= 4 is 33.2 Å². The summed E-state index contributed by atoms with van der Waals surface area (Å²) in [5.41, 5.74) is 3.12. The third-order valence-corrected chi connectivity index (χ3v) is 7.36. The van der Waals surface area contributed by atoms with E-state index in [0.29, 0.717) is 24.2 Å². The molecule has 1 heterocycles. The highest BCUT2D eigenvalue weighted by molar-refractivity contribution is 7.89. The van der Waals surface area contributed by atoms with Crippen molar-refractivity contribution in [2.45, 2.75) is 17.9 Å². The molecule has 0 aliphatic carbocycles. The van der Waals surface area contributed by atoms with Gasteiger partial charge in [0.1, 0.15) is 0 Å². The Morgan fingerprint density at radius 3 is 2.45 bits per heavy atom. The number of nitrogens with one attached hydrogen (secondary N) is 1. The van der Waals surface area contributed by atoms with Crippen LogP contribution in [0.5, 0.6) is 0 Å². The van der Waals surface area contributed by atoms with Crippen molar-refractivity contribution in [1.82, 2.24) is 4.31 Å². The Kier molecular flexibility index (Phi) is 5.79. The molecular formula is C23H18ClN3O3S. The summed E-state index contributed by atoms with van der Waals surface area (Å²) >= 11 is 6.20. The van der Waals surface area contributed by atoms with Gasteiger partial charge in [-0.25, -0.2) is 8.42 Å². The second kappa shape index (κ2) is 8.52. The molecule has 1 aliphatic heterocycles. The second-order valence-corrected chi connectivity index (χ2v) is 9.49. The Balaban J connectivity index is 1.59. The smallest absolute Gasteiger partial charge is 0.257 e. The second-order valence-electron chi connectivity index (χ2n) is 7.14. The quantitative estimate of drug-likeness (QED) is 0.643. The van der Waals surface area contributed by atoms with Crippen LogP contribution < -0.4 is 5.32 Å². The first kappa shape index (κ1) is 21.1. The molecule has 1 aliphatic rings. The molecular weight excluding hydrogens is 434 g/mol. The molecule has 1 amide bonds. The van der Waals surface area contributed by atoms with Crippen LogP contribution in [0.1, 0.15) is 27.0 Å². The van der Waals surface area contributed by atoms with Crippen molar-refractivity contribution < 1.29 is 13.2 Å². The van der Waals surface area contributed by atoms with Crippen molar-refractivity contribution in [1.29, 1.82) is 5.26 Å². The maximum Gasteiger partial charge on any atom is 0.257 e. The van der Waals surface area contributed by atoms with Gasteiger partial charge in [0.05, 0.1) is 27.1 Å². The first-order valence-corrected chi connectivity index (χ1v) is 11.4. The number of amides is 1. The van der Waals surface area contributed by atoms with Crippen LogP contribution in [0.4, 0.5) is 5.69 Å². The summed E-state index contributed by atoms with van der Waals surface area (Å²) in [5, 5.41) is 11.7. The molecule has 0 unspecified atom stereocenters. The number of nitriles is 1. The van der Waals surface area contributed by atoms with Gasteiger partial charge in [0, 0.05) is 18.8 Å². The van der Waals surface area contributed by atoms with E-state index in [4.69, 9.17) is 16.9 Å². The lowest BCUT2D eigenvalue weighted by Crippen LogP contribution is -2.36. The van der Waals surface area contributed by atoms with Gasteiger partial charge in [0.2, 0.25) is 10.0 Å². The number of anilines is 1. The van der Waals surface area contributed by atoms with Crippen LogP contribution in [0, 0.1) is 11.3 Å². The number of carbonyl (C=O) groups is 1. The summed E-state index contributed by atoms with van der Waals surface area (Å²) in [4.78, 5) is 12.8. The highest BCUT2D eigenvalue weighted by Gasteiger charge is 2.29. The summed E-state index contributed by atoms with van der Waals surface area (Å²) in [6, 6.07) is 20.2. The van der Waals surface area contributed by atoms with Gasteiger partial charge in [0.15, 0.2) is 0 Å². The van der Waals surface area contributed by atoms with E-state index in [1.807, 2.05) is 30.3 Å². The standard InChI is InChI=1S/C23H18ClN3O3S/c24-22-10-9-20(13-21(22)23(28)26-19-7-5-16(14-25)6-8-19)31(29,30)27-12-11-17-3-1-2-4-18(17)15-27/h1-10,13H,11-12,15H2,(H,26,28). The van der Waals surface area contributed by atoms with Crippen LogP contribution in [-0.4, -0.2) is 25.2 Å². The number of halogens is 1. The first-order chi connectivity index (χ1) is 14.9. The van der Waals surface area contributed by atoms with Gasteiger partial charge in [-0.2, -0.15) is 9.57 Å². The Morgan fingerprint density at radius 2 is 1.74 bits per heavy atom. The maximum atomic E-state index is 13.2. The van der Waals surface area contributed by atoms with E-state index in [9.17, 15) is 13.2 Å². The molecule has 0 saturated carbocycles. The number of benzene rings is 3. The molecule has 1 N–H and O–H groups in total. The molecule has 8 heteroatoms. The average molecular weight is 452 g/mol. The van der Waals surface area contributed by atoms with Gasteiger partial charge in [-0.05, 0) is 60.0 Å². The molecule has 6 nitrogen and oxygen atoms in total. The third kappa shape index (κ3) is 4.32. The number of hydrogen-bond donors (Lipinski definition) is 1. The number of nitrogens with zero attached hydrogens (tertiary/aromatic N) is 2. The number of fused-ring (bicyclic) bond motifs is 1. The zero-order chi connectivity index (χ0) is 22.0. The Hall–Kier alpha value is -3.18. The van der Waals surface area contributed by atoms with Crippen LogP contribution in [-0.2, 0) is 23.0 Å². The molecule has 4 rings (SSSR count). The summed E-state index contributed by atoms with van der Waals surface area (Å²) in [5.74, 6) is -0.532. The first-order valence-electron chi connectivity index (χ1n) is 9.56. The van der Waals surface area contributed by atoms with E-state index in [1.165, 1.54) is 22.5 Å². The third-order valence-electron chi connectivity index (χ3n) is 5.19. The number of carbonyl (C=O) groups excluding carboxylic acids is 1. The van der Waals surface area contributed by atoms with Crippen LogP contribution in [0.3, 0.4) is 0 Å². The fourth-order valence-corrected chi connectivity index (χ4v) is 5.14. The maximum absolute atomic E-state index is 13.2. The van der Waals surface area contributed by atoms with Gasteiger partial charge in [0.25, 0.3) is 5.91 Å². The van der Waals surface area contributed by atoms with E-state index in [0.717, 1.165) is 11.1 Å². The summed E-state index contributed by atoms with van der Waals surface area (Å²) in [6.07, 6.45) is 0.634. The number of hydrogen-bond acceptors (Lipinski definition) is 4. The van der Waals surface area contributed by atoms with Crippen molar-refractivity contribution in [3.8, 4) is 6.07 Å². The Bertz CT molecular complexity index is 1300. The number of rotatable bonds is 4. The summed E-state index contributed by atoms with van der Waals surface area (Å²) in [7, 11) is -3.80. The van der Waals surface area contributed by atoms with Crippen molar-refractivity contribution in [2.24, 2.45) is 0 Å². The van der Waals surface area contributed by atoms with Crippen molar-refractivity contribution in [2.75, 3.05) is 11.9 Å². The zero-order valence-electron chi connectivity index (χ0n) is 16.4. The fraction of sp³-hybridized carbons (Fsp3) is 0.130. The minimum atomic E-state index is -3.80. The highest BCUT2D eigenvalue weighted by Crippen LogP contribution is 2.28. The lowest BCUT2D eigenvalue weighted by molar-refractivity contribution is 0.102. The van der Waals surface area contributed by atoms with Crippen molar-refractivity contribution in [3.05, 3.63) is 94.0 Å². The lowest BCUT2D eigenvalue weighted by atomic mass is 10.0. The van der Waals surface area contributed by atoms with Crippen LogP contribution in [0.2, 0.25) is 5.02 Å².